The highest BCUT2D eigenvalue weighted by molar-refractivity contribution is 5.70. The number of carbonyl (C=O) groups is 1. The highest BCUT2D eigenvalue weighted by Gasteiger charge is 2.36. The van der Waals surface area contributed by atoms with E-state index in [1.54, 1.807) is 0 Å². The van der Waals surface area contributed by atoms with Gasteiger partial charge in [0.05, 0.1) is 18.1 Å². The fourth-order valence-corrected chi connectivity index (χ4v) is 2.04. The van der Waals surface area contributed by atoms with Crippen LogP contribution in [0.25, 0.3) is 0 Å². The van der Waals surface area contributed by atoms with Crippen molar-refractivity contribution in [3.8, 4) is 0 Å². The molecule has 0 aliphatic heterocycles. The number of hydrogen-bond donors (Lipinski definition) is 4. The monoisotopic (exact) mass is 245 g/mol. The van der Waals surface area contributed by atoms with Gasteiger partial charge in [-0.3, -0.25) is 4.79 Å². The maximum absolute atomic E-state index is 10.8. The SMILES string of the molecule is CC(C)(CO)NCC1(O)CCC(C(=O)O)CC1. The zero-order valence-corrected chi connectivity index (χ0v) is 10.6. The Kier molecular flexibility index (Phi) is 4.52. The predicted molar refractivity (Wildman–Crippen MR) is 63.7 cm³/mol. The van der Waals surface area contributed by atoms with E-state index in [1.807, 2.05) is 13.8 Å². The first-order valence-electron chi connectivity index (χ1n) is 6.09. The van der Waals surface area contributed by atoms with Crippen LogP contribution in [0.15, 0.2) is 0 Å². The van der Waals surface area contributed by atoms with Crippen molar-refractivity contribution in [3.05, 3.63) is 0 Å². The summed E-state index contributed by atoms with van der Waals surface area (Å²) in [6, 6.07) is 0. The van der Waals surface area contributed by atoms with Gasteiger partial charge in [-0.25, -0.2) is 0 Å². The molecule has 1 fully saturated rings. The summed E-state index contributed by atoms with van der Waals surface area (Å²) in [4.78, 5) is 10.8. The Bertz CT molecular complexity index is 270. The first kappa shape index (κ1) is 14.4. The number of aliphatic hydroxyl groups excluding tert-OH is 1. The third-order valence-corrected chi connectivity index (χ3v) is 3.56. The van der Waals surface area contributed by atoms with E-state index in [0.29, 0.717) is 32.2 Å². The molecular weight excluding hydrogens is 222 g/mol. The van der Waals surface area contributed by atoms with E-state index < -0.39 is 17.1 Å². The molecule has 0 bridgehead atoms. The van der Waals surface area contributed by atoms with Gasteiger partial charge in [0, 0.05) is 12.1 Å². The molecule has 0 radical (unpaired) electrons. The second-order valence-corrected chi connectivity index (χ2v) is 5.73. The van der Waals surface area contributed by atoms with Crippen molar-refractivity contribution < 1.29 is 20.1 Å². The molecule has 100 valence electrons. The van der Waals surface area contributed by atoms with Gasteiger partial charge in [0.1, 0.15) is 0 Å². The van der Waals surface area contributed by atoms with Gasteiger partial charge in [-0.15, -0.1) is 0 Å². The zero-order valence-electron chi connectivity index (χ0n) is 10.6. The number of hydrogen-bond acceptors (Lipinski definition) is 4. The fraction of sp³-hybridized carbons (Fsp3) is 0.917. The number of aliphatic hydroxyl groups is 2. The molecule has 5 heteroatoms. The van der Waals surface area contributed by atoms with Crippen LogP contribution in [0.3, 0.4) is 0 Å². The summed E-state index contributed by atoms with van der Waals surface area (Å²) in [6.45, 7) is 4.12. The van der Waals surface area contributed by atoms with Crippen LogP contribution in [-0.2, 0) is 4.79 Å². The maximum Gasteiger partial charge on any atom is 0.306 e. The van der Waals surface area contributed by atoms with Gasteiger partial charge >= 0.3 is 5.97 Å². The van der Waals surface area contributed by atoms with Crippen molar-refractivity contribution in [2.75, 3.05) is 13.2 Å². The molecule has 0 aromatic rings. The Morgan fingerprint density at radius 1 is 1.41 bits per heavy atom. The predicted octanol–water partition coefficient (Wildman–Crippen LogP) is 0.353. The Labute approximate surface area is 102 Å². The van der Waals surface area contributed by atoms with E-state index in [4.69, 9.17) is 10.2 Å². The van der Waals surface area contributed by atoms with E-state index in [1.165, 1.54) is 0 Å². The van der Waals surface area contributed by atoms with Crippen LogP contribution in [0.4, 0.5) is 0 Å². The quantitative estimate of drug-likeness (QED) is 0.561. The van der Waals surface area contributed by atoms with Crippen LogP contribution in [0.5, 0.6) is 0 Å². The summed E-state index contributed by atoms with van der Waals surface area (Å²) < 4.78 is 0. The van der Waals surface area contributed by atoms with Gasteiger partial charge in [-0.2, -0.15) is 0 Å². The molecule has 4 N–H and O–H groups in total. The van der Waals surface area contributed by atoms with Gasteiger partial charge in [0.25, 0.3) is 0 Å². The van der Waals surface area contributed by atoms with Crippen molar-refractivity contribution in [2.24, 2.45) is 5.92 Å². The van der Waals surface area contributed by atoms with Crippen molar-refractivity contribution in [1.82, 2.24) is 5.32 Å². The molecule has 0 heterocycles. The Balaban J connectivity index is 2.42. The van der Waals surface area contributed by atoms with Gasteiger partial charge in [-0.1, -0.05) is 0 Å². The second kappa shape index (κ2) is 5.33. The molecule has 0 atom stereocenters. The number of β-amino-alcohol motifs (C(OH)–C–C–N with tert-alkyl or cyclic N) is 1. The largest absolute Gasteiger partial charge is 0.481 e. The van der Waals surface area contributed by atoms with Crippen molar-refractivity contribution in [1.29, 1.82) is 0 Å². The molecule has 5 nitrogen and oxygen atoms in total. The van der Waals surface area contributed by atoms with Crippen LogP contribution in [0, 0.1) is 5.92 Å². The lowest BCUT2D eigenvalue weighted by atomic mass is 9.78. The molecular formula is C12H23NO4. The Morgan fingerprint density at radius 2 is 1.94 bits per heavy atom. The standard InChI is InChI=1S/C12H23NO4/c1-11(2,8-14)13-7-12(17)5-3-9(4-6-12)10(15)16/h9,13-14,17H,3-8H2,1-2H3,(H,15,16). The van der Waals surface area contributed by atoms with E-state index >= 15 is 0 Å². The summed E-state index contributed by atoms with van der Waals surface area (Å²) >= 11 is 0. The Hall–Kier alpha value is -0.650. The van der Waals surface area contributed by atoms with Gasteiger partial charge < -0.3 is 20.6 Å². The summed E-state index contributed by atoms with van der Waals surface area (Å²) in [7, 11) is 0. The van der Waals surface area contributed by atoms with Crippen LogP contribution < -0.4 is 5.32 Å². The Morgan fingerprint density at radius 3 is 2.35 bits per heavy atom. The molecule has 0 spiro atoms. The normalized spacial score (nSPS) is 30.2. The lowest BCUT2D eigenvalue weighted by molar-refractivity contribution is -0.144. The topological polar surface area (TPSA) is 89.8 Å². The third kappa shape index (κ3) is 4.26. The minimum Gasteiger partial charge on any atom is -0.481 e. The first-order valence-corrected chi connectivity index (χ1v) is 6.09. The molecule has 1 aliphatic rings. The minimum atomic E-state index is -0.835. The van der Waals surface area contributed by atoms with Crippen LogP contribution in [-0.4, -0.2) is 45.6 Å². The highest BCUT2D eigenvalue weighted by atomic mass is 16.4. The first-order chi connectivity index (χ1) is 7.78. The number of carboxylic acid groups (broad SMARTS) is 1. The molecule has 0 aromatic carbocycles. The molecule has 17 heavy (non-hydrogen) atoms. The molecule has 0 amide bonds. The van der Waals surface area contributed by atoms with Gasteiger partial charge in [0.2, 0.25) is 0 Å². The second-order valence-electron chi connectivity index (χ2n) is 5.73. The van der Waals surface area contributed by atoms with Crippen molar-refractivity contribution in [3.63, 3.8) is 0 Å². The fourth-order valence-electron chi connectivity index (χ4n) is 2.04. The number of rotatable bonds is 5. The van der Waals surface area contributed by atoms with Crippen LogP contribution in [0.2, 0.25) is 0 Å². The maximum atomic E-state index is 10.8. The average Bonchev–Trinajstić information content (AvgIpc) is 2.27. The third-order valence-electron chi connectivity index (χ3n) is 3.56. The lowest BCUT2D eigenvalue weighted by Crippen LogP contribution is -2.52. The average molecular weight is 245 g/mol. The van der Waals surface area contributed by atoms with Gasteiger partial charge in [0.15, 0.2) is 0 Å². The van der Waals surface area contributed by atoms with E-state index in [0.717, 1.165) is 0 Å². The smallest absolute Gasteiger partial charge is 0.306 e. The van der Waals surface area contributed by atoms with E-state index in [2.05, 4.69) is 5.32 Å². The van der Waals surface area contributed by atoms with Gasteiger partial charge in [-0.05, 0) is 39.5 Å². The number of aliphatic carboxylic acids is 1. The highest BCUT2D eigenvalue weighted by Crippen LogP contribution is 2.32. The van der Waals surface area contributed by atoms with Crippen LogP contribution in [0.1, 0.15) is 39.5 Å². The zero-order chi connectivity index (χ0) is 13.1. The van der Waals surface area contributed by atoms with Crippen LogP contribution >= 0.6 is 0 Å². The number of carboxylic acids is 1. The summed E-state index contributed by atoms with van der Waals surface area (Å²) in [5.41, 5.74) is -1.25. The molecule has 0 unspecified atom stereocenters. The minimum absolute atomic E-state index is 0.000824. The molecule has 0 saturated heterocycles. The molecule has 1 saturated carbocycles. The summed E-state index contributed by atoms with van der Waals surface area (Å²) in [5, 5.41) is 31.4. The van der Waals surface area contributed by atoms with Crippen molar-refractivity contribution >= 4 is 5.97 Å². The van der Waals surface area contributed by atoms with Crippen molar-refractivity contribution in [2.45, 2.75) is 50.7 Å². The molecule has 1 rings (SSSR count). The molecule has 1 aliphatic carbocycles. The summed E-state index contributed by atoms with van der Waals surface area (Å²) in [5.74, 6) is -1.09. The number of nitrogens with one attached hydrogen (secondary N) is 1. The van der Waals surface area contributed by atoms with E-state index in [9.17, 15) is 9.90 Å². The lowest BCUT2D eigenvalue weighted by Gasteiger charge is -2.37. The van der Waals surface area contributed by atoms with E-state index in [-0.39, 0.29) is 12.5 Å². The summed E-state index contributed by atoms with van der Waals surface area (Å²) in [6.07, 6.45) is 2.04. The molecule has 0 aromatic heterocycles.